The van der Waals surface area contributed by atoms with E-state index in [0.717, 1.165) is 21.5 Å². The van der Waals surface area contributed by atoms with Crippen molar-refractivity contribution in [3.8, 4) is 11.5 Å². The second-order valence-corrected chi connectivity index (χ2v) is 10.7. The summed E-state index contributed by atoms with van der Waals surface area (Å²) in [5.74, 6) is 1.07. The number of phenolic OH excluding ortho intramolecular Hbond substituents is 2. The first kappa shape index (κ1) is 21.9. The molecule has 2 N–H and O–H groups in total. The molecular weight excluding hydrogens is 452 g/mol. The van der Waals surface area contributed by atoms with Crippen molar-refractivity contribution in [1.29, 1.82) is 0 Å². The van der Waals surface area contributed by atoms with E-state index in [1.54, 1.807) is 12.1 Å². The highest BCUT2D eigenvalue weighted by molar-refractivity contribution is 5.87. The van der Waals surface area contributed by atoms with Gasteiger partial charge in [0.15, 0.2) is 0 Å². The summed E-state index contributed by atoms with van der Waals surface area (Å²) < 4.78 is 0. The zero-order valence-electron chi connectivity index (χ0n) is 20.9. The number of fused-ring (bicyclic) bond motifs is 5. The number of phenols is 2. The first-order valence-electron chi connectivity index (χ1n) is 12.9. The number of rotatable bonds is 2. The molecule has 0 bridgehead atoms. The third kappa shape index (κ3) is 3.18. The van der Waals surface area contributed by atoms with Gasteiger partial charge in [-0.3, -0.25) is 0 Å². The van der Waals surface area contributed by atoms with Crippen molar-refractivity contribution in [2.45, 2.75) is 25.2 Å². The average Bonchev–Trinajstić information content (AvgIpc) is 3.17. The molecule has 0 heterocycles. The van der Waals surface area contributed by atoms with Crippen LogP contribution in [0.2, 0.25) is 0 Å². The van der Waals surface area contributed by atoms with Crippen LogP contribution in [0.5, 0.6) is 11.5 Å². The van der Waals surface area contributed by atoms with Gasteiger partial charge in [0.1, 0.15) is 11.5 Å². The van der Waals surface area contributed by atoms with Gasteiger partial charge in [0.2, 0.25) is 0 Å². The zero-order chi connectivity index (χ0) is 25.3. The van der Waals surface area contributed by atoms with Crippen molar-refractivity contribution in [2.75, 3.05) is 0 Å². The lowest BCUT2D eigenvalue weighted by molar-refractivity contribution is 0.456. The molecule has 0 radical (unpaired) electrons. The van der Waals surface area contributed by atoms with E-state index in [-0.39, 0.29) is 28.7 Å². The molecule has 2 atom stereocenters. The lowest BCUT2D eigenvalue weighted by Crippen LogP contribution is -2.35. The van der Waals surface area contributed by atoms with Crippen LogP contribution in [0.1, 0.15) is 40.7 Å². The van der Waals surface area contributed by atoms with E-state index < -0.39 is 0 Å². The van der Waals surface area contributed by atoms with Crippen LogP contribution < -0.4 is 0 Å². The van der Waals surface area contributed by atoms with Crippen LogP contribution in [0.3, 0.4) is 0 Å². The van der Waals surface area contributed by atoms with Gasteiger partial charge in [0, 0.05) is 11.8 Å². The fourth-order valence-electron chi connectivity index (χ4n) is 6.83. The molecule has 2 heteroatoms. The van der Waals surface area contributed by atoms with Crippen LogP contribution in [0.15, 0.2) is 115 Å². The fourth-order valence-corrected chi connectivity index (χ4v) is 6.83. The average molecular weight is 481 g/mol. The van der Waals surface area contributed by atoms with E-state index in [1.165, 1.54) is 33.4 Å². The van der Waals surface area contributed by atoms with Crippen LogP contribution in [0.4, 0.5) is 0 Å². The van der Waals surface area contributed by atoms with Crippen LogP contribution in [0, 0.1) is 12.8 Å². The van der Waals surface area contributed by atoms with Gasteiger partial charge in [-0.25, -0.2) is 0 Å². The maximum Gasteiger partial charge on any atom is 0.116 e. The predicted octanol–water partition coefficient (Wildman–Crippen LogP) is 8.28. The summed E-state index contributed by atoms with van der Waals surface area (Å²) in [6, 6.07) is 31.5. The maximum absolute atomic E-state index is 10.1. The smallest absolute Gasteiger partial charge is 0.116 e. The van der Waals surface area contributed by atoms with E-state index in [0.29, 0.717) is 0 Å². The molecule has 0 amide bonds. The Bertz CT molecular complexity index is 1700. The molecule has 37 heavy (non-hydrogen) atoms. The first-order valence-corrected chi connectivity index (χ1v) is 12.9. The van der Waals surface area contributed by atoms with Crippen molar-refractivity contribution >= 4 is 21.5 Å². The fraction of sp³-hybridized carbons (Fsp3) is 0.143. The van der Waals surface area contributed by atoms with Crippen molar-refractivity contribution in [1.82, 2.24) is 0 Å². The molecule has 180 valence electrons. The normalized spacial score (nSPS) is 19.6. The Morgan fingerprint density at radius 2 is 1.19 bits per heavy atom. The number of aryl methyl sites for hydroxylation is 1. The molecule has 0 aromatic heterocycles. The van der Waals surface area contributed by atoms with Crippen molar-refractivity contribution in [3.05, 3.63) is 143 Å². The van der Waals surface area contributed by atoms with Crippen molar-refractivity contribution in [2.24, 2.45) is 5.92 Å². The van der Waals surface area contributed by atoms with E-state index in [2.05, 4.69) is 86.7 Å². The molecule has 2 aliphatic carbocycles. The number of benzene rings is 5. The van der Waals surface area contributed by atoms with Gasteiger partial charge in [0.25, 0.3) is 0 Å². The minimum atomic E-state index is -0.389. The van der Waals surface area contributed by atoms with Crippen molar-refractivity contribution < 1.29 is 10.2 Å². The second-order valence-electron chi connectivity index (χ2n) is 10.7. The standard InChI is InChI=1S/C35H28O2/c1-21-3-13-33-31(15-21)32-16-22(2)4-14-34(32)35(33,27-9-5-25-19-29(36)11-7-23(25)17-27)28-10-6-26-20-30(37)12-8-24(26)18-28/h3-20,31,33,36-37H,1-2H3. The van der Waals surface area contributed by atoms with Gasteiger partial charge in [0.05, 0.1) is 5.41 Å². The van der Waals surface area contributed by atoms with Crippen LogP contribution >= 0.6 is 0 Å². The third-order valence-electron chi connectivity index (χ3n) is 8.45. The van der Waals surface area contributed by atoms with Gasteiger partial charge in [-0.1, -0.05) is 84.0 Å². The molecular formula is C35H28O2. The molecule has 2 nitrogen and oxygen atoms in total. The van der Waals surface area contributed by atoms with Crippen molar-refractivity contribution in [3.63, 3.8) is 0 Å². The highest BCUT2D eigenvalue weighted by atomic mass is 16.3. The summed E-state index contributed by atoms with van der Waals surface area (Å²) in [4.78, 5) is 0. The Labute approximate surface area is 216 Å². The SMILES string of the molecule is CC1=CC2c3cc(C)ccc3C(c3ccc4cc(O)ccc4c3)(c3ccc4cc(O)ccc4c3)C2C=C1. The van der Waals surface area contributed by atoms with Gasteiger partial charge in [-0.2, -0.15) is 0 Å². The molecule has 0 saturated carbocycles. The highest BCUT2D eigenvalue weighted by Crippen LogP contribution is 2.60. The summed E-state index contributed by atoms with van der Waals surface area (Å²) in [6.07, 6.45) is 7.12. The van der Waals surface area contributed by atoms with E-state index in [9.17, 15) is 10.2 Å². The van der Waals surface area contributed by atoms with Gasteiger partial charge in [-0.05, 0) is 94.0 Å². The number of hydrogen-bond donors (Lipinski definition) is 2. The topological polar surface area (TPSA) is 40.5 Å². The summed E-state index contributed by atoms with van der Waals surface area (Å²) in [7, 11) is 0. The molecule has 0 aliphatic heterocycles. The molecule has 0 saturated heterocycles. The summed E-state index contributed by atoms with van der Waals surface area (Å²) in [6.45, 7) is 4.36. The predicted molar refractivity (Wildman–Crippen MR) is 151 cm³/mol. The summed E-state index contributed by atoms with van der Waals surface area (Å²) >= 11 is 0. The summed E-state index contributed by atoms with van der Waals surface area (Å²) in [5.41, 5.74) is 7.42. The molecule has 0 fully saturated rings. The summed E-state index contributed by atoms with van der Waals surface area (Å²) in [5, 5.41) is 24.4. The number of aromatic hydroxyl groups is 2. The maximum atomic E-state index is 10.1. The van der Waals surface area contributed by atoms with E-state index in [4.69, 9.17) is 0 Å². The lowest BCUT2D eigenvalue weighted by Gasteiger charge is -2.39. The van der Waals surface area contributed by atoms with Gasteiger partial charge in [-0.15, -0.1) is 0 Å². The van der Waals surface area contributed by atoms with Gasteiger partial charge < -0.3 is 10.2 Å². The minimum absolute atomic E-state index is 0.220. The molecule has 7 rings (SSSR count). The number of hydrogen-bond acceptors (Lipinski definition) is 2. The Morgan fingerprint density at radius 3 is 1.81 bits per heavy atom. The molecule has 2 unspecified atom stereocenters. The van der Waals surface area contributed by atoms with Crippen LogP contribution in [0.25, 0.3) is 21.5 Å². The molecule has 5 aromatic carbocycles. The Balaban J connectivity index is 1.59. The van der Waals surface area contributed by atoms with E-state index in [1.807, 2.05) is 24.3 Å². The van der Waals surface area contributed by atoms with Gasteiger partial charge >= 0.3 is 0 Å². The monoisotopic (exact) mass is 480 g/mol. The Morgan fingerprint density at radius 1 is 0.622 bits per heavy atom. The van der Waals surface area contributed by atoms with E-state index >= 15 is 0 Å². The Kier molecular flexibility index (Phi) is 4.65. The Hall–Kier alpha value is -4.30. The molecule has 2 aliphatic rings. The van der Waals surface area contributed by atoms with Crippen LogP contribution in [-0.2, 0) is 5.41 Å². The third-order valence-corrected chi connectivity index (χ3v) is 8.45. The van der Waals surface area contributed by atoms with Crippen LogP contribution in [-0.4, -0.2) is 10.2 Å². The number of allylic oxidation sites excluding steroid dienone is 4. The quantitative estimate of drug-likeness (QED) is 0.267. The minimum Gasteiger partial charge on any atom is -0.508 e. The molecule has 0 spiro atoms. The lowest BCUT2D eigenvalue weighted by atomic mass is 9.62. The first-order chi connectivity index (χ1) is 17.9. The zero-order valence-corrected chi connectivity index (χ0v) is 20.9. The second kappa shape index (κ2) is 7.85. The molecule has 5 aromatic rings. The largest absolute Gasteiger partial charge is 0.508 e. The highest BCUT2D eigenvalue weighted by Gasteiger charge is 2.53.